The number of anilines is 1. The van der Waals surface area contributed by atoms with Gasteiger partial charge in [0.25, 0.3) is 5.91 Å². The van der Waals surface area contributed by atoms with Gasteiger partial charge in [-0.1, -0.05) is 19.1 Å². The van der Waals surface area contributed by atoms with Crippen molar-refractivity contribution < 1.29 is 49.1 Å². The van der Waals surface area contributed by atoms with E-state index in [0.717, 1.165) is 11.8 Å². The van der Waals surface area contributed by atoms with Crippen molar-refractivity contribution in [2.24, 2.45) is 0 Å². The zero-order valence-electron chi connectivity index (χ0n) is 19.9. The van der Waals surface area contributed by atoms with Crippen molar-refractivity contribution in [1.29, 1.82) is 5.26 Å². The van der Waals surface area contributed by atoms with Crippen molar-refractivity contribution in [2.45, 2.75) is 42.7 Å². The van der Waals surface area contributed by atoms with Crippen LogP contribution in [0.2, 0.25) is 0 Å². The standard InChI is InChI=1S/C24H18F9N3O2S/c1-3-39-20(2,12-34)19(37)35-17-6-4-13(5-7-17)18-11-21(38-36-18,24(31,32)33)14-8-15(22(25,26)27)10-16(9-14)23(28,29)30/h4-11,36H,3H2,1-2H3,(H,35,37). The number of alkyl halides is 9. The monoisotopic (exact) mass is 583 g/mol. The maximum atomic E-state index is 14.2. The number of nitrogens with one attached hydrogen (secondary N) is 2. The van der Waals surface area contributed by atoms with Crippen LogP contribution in [0.1, 0.15) is 36.1 Å². The summed E-state index contributed by atoms with van der Waals surface area (Å²) in [6.45, 7) is 3.15. The third-order valence-corrected chi connectivity index (χ3v) is 6.78. The third kappa shape index (κ3) is 6.11. The minimum absolute atomic E-state index is 0.00752. The van der Waals surface area contributed by atoms with Gasteiger partial charge in [0, 0.05) is 11.3 Å². The lowest BCUT2D eigenvalue weighted by Gasteiger charge is -2.29. The van der Waals surface area contributed by atoms with E-state index in [-0.39, 0.29) is 29.4 Å². The number of amides is 1. The fourth-order valence-corrected chi connectivity index (χ4v) is 4.40. The van der Waals surface area contributed by atoms with E-state index < -0.39 is 57.2 Å². The van der Waals surface area contributed by atoms with Gasteiger partial charge in [-0.2, -0.15) is 44.8 Å². The first-order valence-electron chi connectivity index (χ1n) is 10.9. The zero-order chi connectivity index (χ0) is 29.4. The molecule has 210 valence electrons. The Labute approximate surface area is 220 Å². The number of hydrogen-bond acceptors (Lipinski definition) is 5. The molecule has 1 heterocycles. The van der Waals surface area contributed by atoms with E-state index in [1.165, 1.54) is 31.2 Å². The fraction of sp³-hybridized carbons (Fsp3) is 0.333. The summed E-state index contributed by atoms with van der Waals surface area (Å²) in [5, 5.41) is 11.8. The highest BCUT2D eigenvalue weighted by atomic mass is 32.2. The molecule has 0 fully saturated rings. The predicted molar refractivity (Wildman–Crippen MR) is 124 cm³/mol. The molecule has 0 bridgehead atoms. The lowest BCUT2D eigenvalue weighted by Crippen LogP contribution is -2.43. The molecular formula is C24H18F9N3O2S. The molecule has 2 aromatic carbocycles. The second kappa shape index (κ2) is 10.3. The van der Waals surface area contributed by atoms with Gasteiger partial charge in [-0.05, 0) is 54.6 Å². The minimum Gasteiger partial charge on any atom is -0.324 e. The topological polar surface area (TPSA) is 74.2 Å². The SMILES string of the molecule is CCSC(C)(C#N)C(=O)Nc1ccc(C2=CC(c3cc(C(F)(F)F)cc(C(F)(F)F)c3)(C(F)(F)F)ON2)cc1. The lowest BCUT2D eigenvalue weighted by atomic mass is 9.88. The van der Waals surface area contributed by atoms with Crippen LogP contribution in [0.25, 0.3) is 5.70 Å². The summed E-state index contributed by atoms with van der Waals surface area (Å²) in [7, 11) is 0. The molecule has 0 aromatic heterocycles. The number of carbonyl (C=O) groups excluding carboxylic acids is 1. The van der Waals surface area contributed by atoms with Crippen LogP contribution in [0.15, 0.2) is 48.5 Å². The normalized spacial score (nSPS) is 19.5. The van der Waals surface area contributed by atoms with Crippen molar-refractivity contribution in [3.05, 3.63) is 70.8 Å². The quantitative estimate of drug-likeness (QED) is 0.357. The number of nitriles is 1. The van der Waals surface area contributed by atoms with Crippen LogP contribution in [-0.2, 0) is 27.6 Å². The highest BCUT2D eigenvalue weighted by Crippen LogP contribution is 2.49. The average molecular weight is 583 g/mol. The number of nitrogens with zero attached hydrogens (tertiary/aromatic N) is 1. The Morgan fingerprint density at radius 3 is 1.97 bits per heavy atom. The number of carbonyl (C=O) groups is 1. The Morgan fingerprint density at radius 1 is 1.00 bits per heavy atom. The van der Waals surface area contributed by atoms with Gasteiger partial charge >= 0.3 is 18.5 Å². The lowest BCUT2D eigenvalue weighted by molar-refractivity contribution is -0.269. The first kappa shape index (κ1) is 30.2. The van der Waals surface area contributed by atoms with Crippen LogP contribution in [0.4, 0.5) is 45.2 Å². The molecule has 2 atom stereocenters. The maximum absolute atomic E-state index is 14.2. The molecule has 0 saturated heterocycles. The van der Waals surface area contributed by atoms with Gasteiger partial charge in [-0.15, -0.1) is 11.8 Å². The summed E-state index contributed by atoms with van der Waals surface area (Å²) < 4.78 is 121. The zero-order valence-corrected chi connectivity index (χ0v) is 20.7. The third-order valence-electron chi connectivity index (χ3n) is 5.64. The van der Waals surface area contributed by atoms with Gasteiger partial charge in [0.15, 0.2) is 4.75 Å². The van der Waals surface area contributed by atoms with Gasteiger partial charge in [0.05, 0.1) is 22.9 Å². The molecule has 1 aliphatic rings. The summed E-state index contributed by atoms with van der Waals surface area (Å²) in [5.41, 5.74) is -7.28. The Bertz CT molecular complexity index is 1280. The average Bonchev–Trinajstić information content (AvgIpc) is 3.30. The Hall–Kier alpha value is -3.38. The summed E-state index contributed by atoms with van der Waals surface area (Å²) in [6, 6.07) is 6.52. The second-order valence-electron chi connectivity index (χ2n) is 8.40. The van der Waals surface area contributed by atoms with Crippen LogP contribution >= 0.6 is 11.8 Å². The Balaban J connectivity index is 2.03. The first-order valence-corrected chi connectivity index (χ1v) is 11.9. The molecule has 15 heteroatoms. The summed E-state index contributed by atoms with van der Waals surface area (Å²) in [6.07, 6.45) is -15.9. The van der Waals surface area contributed by atoms with Crippen molar-refractivity contribution in [2.75, 3.05) is 11.1 Å². The predicted octanol–water partition coefficient (Wildman–Crippen LogP) is 7.03. The summed E-state index contributed by atoms with van der Waals surface area (Å²) in [4.78, 5) is 17.1. The fourth-order valence-electron chi connectivity index (χ4n) is 3.58. The van der Waals surface area contributed by atoms with Gasteiger partial charge in [0.2, 0.25) is 5.60 Å². The van der Waals surface area contributed by atoms with Gasteiger partial charge < -0.3 is 5.32 Å². The molecule has 2 N–H and O–H groups in total. The highest BCUT2D eigenvalue weighted by Gasteiger charge is 2.60. The number of halogens is 9. The molecule has 1 aliphatic heterocycles. The van der Waals surface area contributed by atoms with E-state index in [2.05, 4.69) is 10.2 Å². The number of benzene rings is 2. The summed E-state index contributed by atoms with van der Waals surface area (Å²) >= 11 is 1.08. The molecule has 0 radical (unpaired) electrons. The first-order chi connectivity index (χ1) is 17.9. The summed E-state index contributed by atoms with van der Waals surface area (Å²) in [5.74, 6) is -0.180. The molecule has 0 spiro atoms. The van der Waals surface area contributed by atoms with E-state index in [0.29, 0.717) is 11.8 Å². The van der Waals surface area contributed by atoms with E-state index in [1.807, 2.05) is 11.5 Å². The number of rotatable bonds is 6. The molecule has 0 aliphatic carbocycles. The smallest absolute Gasteiger partial charge is 0.324 e. The van der Waals surface area contributed by atoms with E-state index in [9.17, 15) is 49.6 Å². The van der Waals surface area contributed by atoms with E-state index in [4.69, 9.17) is 0 Å². The number of hydroxylamine groups is 1. The van der Waals surface area contributed by atoms with Crippen LogP contribution < -0.4 is 10.8 Å². The van der Waals surface area contributed by atoms with Gasteiger partial charge in [0.1, 0.15) is 0 Å². The van der Waals surface area contributed by atoms with Crippen molar-refractivity contribution in [3.8, 4) is 6.07 Å². The molecule has 39 heavy (non-hydrogen) atoms. The van der Waals surface area contributed by atoms with Crippen LogP contribution in [0.5, 0.6) is 0 Å². The Kier molecular flexibility index (Phi) is 7.97. The van der Waals surface area contributed by atoms with Crippen molar-refractivity contribution >= 4 is 29.1 Å². The largest absolute Gasteiger partial charge is 0.428 e. The number of thioether (sulfide) groups is 1. The van der Waals surface area contributed by atoms with Gasteiger partial charge in [-0.3, -0.25) is 15.1 Å². The van der Waals surface area contributed by atoms with Gasteiger partial charge in [-0.25, -0.2) is 0 Å². The number of hydrogen-bond donors (Lipinski definition) is 2. The Morgan fingerprint density at radius 2 is 1.54 bits per heavy atom. The van der Waals surface area contributed by atoms with Crippen molar-refractivity contribution in [1.82, 2.24) is 5.48 Å². The molecule has 3 rings (SSSR count). The van der Waals surface area contributed by atoms with Crippen LogP contribution in [0, 0.1) is 11.3 Å². The molecule has 5 nitrogen and oxygen atoms in total. The van der Waals surface area contributed by atoms with E-state index >= 15 is 0 Å². The van der Waals surface area contributed by atoms with Crippen LogP contribution in [-0.4, -0.2) is 22.6 Å². The van der Waals surface area contributed by atoms with Crippen LogP contribution in [0.3, 0.4) is 0 Å². The molecular weight excluding hydrogens is 565 g/mol. The molecule has 1 amide bonds. The second-order valence-corrected chi connectivity index (χ2v) is 10.1. The maximum Gasteiger partial charge on any atom is 0.428 e. The molecule has 0 saturated carbocycles. The highest BCUT2D eigenvalue weighted by molar-refractivity contribution is 8.01. The molecule has 2 unspecified atom stereocenters. The minimum atomic E-state index is -5.48. The van der Waals surface area contributed by atoms with E-state index in [1.54, 1.807) is 6.92 Å². The van der Waals surface area contributed by atoms with Crippen molar-refractivity contribution in [3.63, 3.8) is 0 Å². The molecule has 2 aromatic rings.